The molecule has 0 aliphatic heterocycles. The van der Waals surface area contributed by atoms with Crippen molar-refractivity contribution in [3.8, 4) is 12.3 Å². The molecule has 0 heterocycles. The third-order valence-electron chi connectivity index (χ3n) is 1.79. The molecule has 0 aromatic heterocycles. The van der Waals surface area contributed by atoms with Crippen LogP contribution in [0.3, 0.4) is 0 Å². The molecule has 0 aromatic carbocycles. The second-order valence-corrected chi connectivity index (χ2v) is 3.53. The van der Waals surface area contributed by atoms with Crippen molar-refractivity contribution in [2.75, 3.05) is 26.7 Å². The largest absolute Gasteiger partial charge is 0.377 e. The van der Waals surface area contributed by atoms with Crippen molar-refractivity contribution in [2.24, 2.45) is 0 Å². The summed E-state index contributed by atoms with van der Waals surface area (Å²) < 4.78 is 5.44. The number of ether oxygens (including phenoxy) is 1. The van der Waals surface area contributed by atoms with E-state index >= 15 is 0 Å². The Hall–Kier alpha value is -0.520. The number of hydrogen-bond acceptors (Lipinski definition) is 2. The number of unbranched alkanes of at least 4 members (excludes halogenated alkanes) is 1. The fraction of sp³-hybridized carbons (Fsp3) is 0.818. The van der Waals surface area contributed by atoms with Gasteiger partial charge in [0.2, 0.25) is 0 Å². The molecule has 0 aliphatic rings. The van der Waals surface area contributed by atoms with Gasteiger partial charge >= 0.3 is 0 Å². The number of hydrogen-bond donors (Lipinski definition) is 0. The van der Waals surface area contributed by atoms with Gasteiger partial charge in [-0.05, 0) is 33.9 Å². The summed E-state index contributed by atoms with van der Waals surface area (Å²) in [6, 6.07) is 0. The molecule has 0 fully saturated rings. The molecule has 0 aliphatic carbocycles. The molecule has 0 saturated carbocycles. The summed E-state index contributed by atoms with van der Waals surface area (Å²) >= 11 is 0. The Morgan fingerprint density at radius 1 is 1.38 bits per heavy atom. The molecule has 0 amide bonds. The normalized spacial score (nSPS) is 10.8. The third kappa shape index (κ3) is 9.39. The van der Waals surface area contributed by atoms with Gasteiger partial charge in [-0.25, -0.2) is 0 Å². The van der Waals surface area contributed by atoms with Crippen LogP contribution in [0.25, 0.3) is 0 Å². The monoisotopic (exact) mass is 183 g/mol. The van der Waals surface area contributed by atoms with Crippen LogP contribution in [0.4, 0.5) is 0 Å². The highest BCUT2D eigenvalue weighted by Crippen LogP contribution is 1.93. The Bertz CT molecular complexity index is 149. The van der Waals surface area contributed by atoms with Crippen molar-refractivity contribution in [3.05, 3.63) is 0 Å². The van der Waals surface area contributed by atoms with Gasteiger partial charge in [-0.15, -0.1) is 12.3 Å². The predicted molar refractivity (Wildman–Crippen MR) is 56.7 cm³/mol. The fourth-order valence-corrected chi connectivity index (χ4v) is 1.01. The van der Waals surface area contributed by atoms with Gasteiger partial charge in [0, 0.05) is 13.0 Å². The summed E-state index contributed by atoms with van der Waals surface area (Å²) in [5.41, 5.74) is 0. The van der Waals surface area contributed by atoms with Crippen LogP contribution in [-0.2, 0) is 4.74 Å². The Balaban J connectivity index is 3.21. The molecule has 2 heteroatoms. The Morgan fingerprint density at radius 3 is 2.62 bits per heavy atom. The van der Waals surface area contributed by atoms with Gasteiger partial charge in [-0.2, -0.15) is 0 Å². The molecule has 0 rings (SSSR count). The smallest absolute Gasteiger partial charge is 0.0596 e. The maximum atomic E-state index is 5.44. The quantitative estimate of drug-likeness (QED) is 0.440. The first-order valence-corrected chi connectivity index (χ1v) is 4.90. The van der Waals surface area contributed by atoms with E-state index in [9.17, 15) is 0 Å². The average molecular weight is 183 g/mol. The lowest BCUT2D eigenvalue weighted by Gasteiger charge is -2.16. The van der Waals surface area contributed by atoms with Crippen LogP contribution in [0.2, 0.25) is 0 Å². The van der Waals surface area contributed by atoms with Crippen LogP contribution in [0.5, 0.6) is 0 Å². The highest BCUT2D eigenvalue weighted by atomic mass is 16.5. The number of rotatable bonds is 7. The molecule has 0 bridgehead atoms. The zero-order chi connectivity index (χ0) is 10.1. The summed E-state index contributed by atoms with van der Waals surface area (Å²) in [5.74, 6) is 2.64. The fourth-order valence-electron chi connectivity index (χ4n) is 1.01. The SMILES string of the molecule is C#CCCCN(C)CCOC(C)C. The highest BCUT2D eigenvalue weighted by molar-refractivity contribution is 4.83. The summed E-state index contributed by atoms with van der Waals surface area (Å²) in [7, 11) is 2.10. The van der Waals surface area contributed by atoms with Gasteiger partial charge in [0.1, 0.15) is 0 Å². The Morgan fingerprint density at radius 2 is 2.08 bits per heavy atom. The summed E-state index contributed by atoms with van der Waals surface area (Å²) in [5, 5.41) is 0. The molecule has 13 heavy (non-hydrogen) atoms. The van der Waals surface area contributed by atoms with Crippen LogP contribution >= 0.6 is 0 Å². The molecular weight excluding hydrogens is 162 g/mol. The van der Waals surface area contributed by atoms with E-state index < -0.39 is 0 Å². The van der Waals surface area contributed by atoms with Gasteiger partial charge in [0.25, 0.3) is 0 Å². The van der Waals surface area contributed by atoms with Gasteiger partial charge in [0.05, 0.1) is 12.7 Å². The standard InChI is InChI=1S/C11H21NO/c1-5-6-7-8-12(4)9-10-13-11(2)3/h1,11H,6-10H2,2-4H3. The van der Waals surface area contributed by atoms with Crippen molar-refractivity contribution in [1.82, 2.24) is 4.90 Å². The van der Waals surface area contributed by atoms with Crippen LogP contribution < -0.4 is 0 Å². The van der Waals surface area contributed by atoms with Gasteiger partial charge in [-0.1, -0.05) is 0 Å². The predicted octanol–water partition coefficient (Wildman–Crippen LogP) is 1.76. The maximum absolute atomic E-state index is 5.44. The minimum atomic E-state index is 0.333. The highest BCUT2D eigenvalue weighted by Gasteiger charge is 1.98. The van der Waals surface area contributed by atoms with E-state index in [1.807, 2.05) is 0 Å². The first kappa shape index (κ1) is 12.5. The van der Waals surface area contributed by atoms with E-state index in [1.54, 1.807) is 0 Å². The zero-order valence-electron chi connectivity index (χ0n) is 9.05. The van der Waals surface area contributed by atoms with Crippen LogP contribution in [0.1, 0.15) is 26.7 Å². The second-order valence-electron chi connectivity index (χ2n) is 3.53. The van der Waals surface area contributed by atoms with Crippen LogP contribution in [-0.4, -0.2) is 37.7 Å². The molecule has 0 saturated heterocycles. The van der Waals surface area contributed by atoms with Crippen molar-refractivity contribution < 1.29 is 4.74 Å². The Kier molecular flexibility index (Phi) is 7.77. The molecule has 0 radical (unpaired) electrons. The first-order valence-electron chi connectivity index (χ1n) is 4.90. The summed E-state index contributed by atoms with van der Waals surface area (Å²) in [6.45, 7) is 6.97. The second kappa shape index (κ2) is 8.10. The topological polar surface area (TPSA) is 12.5 Å². The summed E-state index contributed by atoms with van der Waals surface area (Å²) in [4.78, 5) is 2.25. The Labute approximate surface area is 82.3 Å². The van der Waals surface area contributed by atoms with E-state index in [-0.39, 0.29) is 0 Å². The minimum Gasteiger partial charge on any atom is -0.377 e. The maximum Gasteiger partial charge on any atom is 0.0596 e. The molecule has 76 valence electrons. The van der Waals surface area contributed by atoms with Gasteiger partial charge in [0.15, 0.2) is 0 Å². The van der Waals surface area contributed by atoms with E-state index in [0.29, 0.717) is 6.10 Å². The molecule has 0 N–H and O–H groups in total. The number of nitrogens with zero attached hydrogens (tertiary/aromatic N) is 1. The van der Waals surface area contributed by atoms with E-state index in [0.717, 1.165) is 32.5 Å². The first-order chi connectivity index (χ1) is 6.16. The van der Waals surface area contributed by atoms with Gasteiger partial charge < -0.3 is 9.64 Å². The third-order valence-corrected chi connectivity index (χ3v) is 1.79. The van der Waals surface area contributed by atoms with Crippen molar-refractivity contribution in [3.63, 3.8) is 0 Å². The zero-order valence-corrected chi connectivity index (χ0v) is 9.05. The summed E-state index contributed by atoms with van der Waals surface area (Å²) in [6.07, 6.45) is 7.44. The van der Waals surface area contributed by atoms with Crippen molar-refractivity contribution in [2.45, 2.75) is 32.8 Å². The van der Waals surface area contributed by atoms with E-state index in [2.05, 4.69) is 31.7 Å². The molecular formula is C11H21NO. The number of likely N-dealkylation sites (N-methyl/N-ethyl adjacent to an activating group) is 1. The molecule has 0 aromatic rings. The van der Waals surface area contributed by atoms with Crippen molar-refractivity contribution in [1.29, 1.82) is 0 Å². The van der Waals surface area contributed by atoms with E-state index in [4.69, 9.17) is 11.2 Å². The van der Waals surface area contributed by atoms with Crippen LogP contribution in [0.15, 0.2) is 0 Å². The molecule has 2 nitrogen and oxygen atoms in total. The number of terminal acetylenes is 1. The lowest BCUT2D eigenvalue weighted by atomic mass is 10.3. The molecule has 0 spiro atoms. The minimum absolute atomic E-state index is 0.333. The average Bonchev–Trinajstić information content (AvgIpc) is 2.04. The van der Waals surface area contributed by atoms with Crippen molar-refractivity contribution >= 4 is 0 Å². The lowest BCUT2D eigenvalue weighted by Crippen LogP contribution is -2.25. The lowest BCUT2D eigenvalue weighted by molar-refractivity contribution is 0.0638. The van der Waals surface area contributed by atoms with E-state index in [1.165, 1.54) is 0 Å². The van der Waals surface area contributed by atoms with Gasteiger partial charge in [-0.3, -0.25) is 0 Å². The van der Waals surface area contributed by atoms with Crippen LogP contribution in [0, 0.1) is 12.3 Å². The molecule has 0 unspecified atom stereocenters. The molecule has 0 atom stereocenters.